The quantitative estimate of drug-likeness (QED) is 0.571. The summed E-state index contributed by atoms with van der Waals surface area (Å²) in [4.78, 5) is 4.58. The maximum absolute atomic E-state index is 3.55. The topological polar surface area (TPSA) is 18.5 Å². The van der Waals surface area contributed by atoms with Gasteiger partial charge in [0, 0.05) is 26.0 Å². The molecule has 0 aromatic carbocycles. The van der Waals surface area contributed by atoms with Gasteiger partial charge in [0.1, 0.15) is 0 Å². The zero-order valence-electron chi connectivity index (χ0n) is 12.3. The smallest absolute Gasteiger partial charge is 0.0890 e. The fourth-order valence-electron chi connectivity index (χ4n) is 2.30. The van der Waals surface area contributed by atoms with E-state index in [1.54, 1.807) is 0 Å². The molecule has 1 aliphatic heterocycles. The number of unbranched alkanes of at least 4 members (excludes halogenated alkanes) is 5. The molecule has 106 valence electrons. The van der Waals surface area contributed by atoms with Gasteiger partial charge in [0.15, 0.2) is 0 Å². The van der Waals surface area contributed by atoms with E-state index >= 15 is 0 Å². The van der Waals surface area contributed by atoms with E-state index in [4.69, 9.17) is 0 Å². The standard InChI is InChI=1S/C15H31N3/c1-3-4-5-6-7-8-10-16-11-9-12-18-14-13-17(2)15-18/h13-14,16H,3-12,15H2,1-2H3. The second-order valence-electron chi connectivity index (χ2n) is 5.38. The van der Waals surface area contributed by atoms with Gasteiger partial charge >= 0.3 is 0 Å². The van der Waals surface area contributed by atoms with Gasteiger partial charge in [0.05, 0.1) is 6.67 Å². The highest BCUT2D eigenvalue weighted by Crippen LogP contribution is 2.05. The Morgan fingerprint density at radius 2 is 1.67 bits per heavy atom. The summed E-state index contributed by atoms with van der Waals surface area (Å²) in [5.74, 6) is 0. The summed E-state index contributed by atoms with van der Waals surface area (Å²) in [7, 11) is 2.12. The predicted octanol–water partition coefficient (Wildman–Crippen LogP) is 3.00. The molecule has 0 aromatic rings. The van der Waals surface area contributed by atoms with Crippen molar-refractivity contribution in [2.75, 3.05) is 33.4 Å². The Morgan fingerprint density at radius 1 is 0.944 bits per heavy atom. The van der Waals surface area contributed by atoms with Crippen LogP contribution in [0, 0.1) is 0 Å². The van der Waals surface area contributed by atoms with Crippen molar-refractivity contribution in [2.45, 2.75) is 51.9 Å². The normalized spacial score (nSPS) is 14.8. The van der Waals surface area contributed by atoms with Crippen LogP contribution in [-0.2, 0) is 0 Å². The van der Waals surface area contributed by atoms with Crippen molar-refractivity contribution in [1.82, 2.24) is 15.1 Å². The van der Waals surface area contributed by atoms with E-state index in [0.717, 1.165) is 13.2 Å². The first-order valence-electron chi connectivity index (χ1n) is 7.66. The van der Waals surface area contributed by atoms with E-state index in [-0.39, 0.29) is 0 Å². The molecule has 0 amide bonds. The largest absolute Gasteiger partial charge is 0.362 e. The molecule has 1 N–H and O–H groups in total. The molecule has 1 rings (SSSR count). The molecule has 3 nitrogen and oxygen atoms in total. The number of rotatable bonds is 11. The molecule has 0 saturated carbocycles. The Hall–Kier alpha value is -0.700. The molecule has 0 fully saturated rings. The first-order chi connectivity index (χ1) is 8.83. The monoisotopic (exact) mass is 253 g/mol. The molecule has 0 atom stereocenters. The summed E-state index contributed by atoms with van der Waals surface area (Å²) in [6, 6.07) is 0. The lowest BCUT2D eigenvalue weighted by molar-refractivity contribution is 0.292. The average Bonchev–Trinajstić information content (AvgIpc) is 2.77. The van der Waals surface area contributed by atoms with Crippen LogP contribution < -0.4 is 5.32 Å². The third-order valence-electron chi connectivity index (χ3n) is 3.44. The highest BCUT2D eigenvalue weighted by Gasteiger charge is 2.06. The second-order valence-corrected chi connectivity index (χ2v) is 5.38. The number of hydrogen-bond acceptors (Lipinski definition) is 3. The van der Waals surface area contributed by atoms with Crippen LogP contribution in [0.3, 0.4) is 0 Å². The molecule has 18 heavy (non-hydrogen) atoms. The summed E-state index contributed by atoms with van der Waals surface area (Å²) >= 11 is 0. The Labute approximate surface area is 113 Å². The Balaban J connectivity index is 1.75. The van der Waals surface area contributed by atoms with Gasteiger partial charge in [-0.3, -0.25) is 0 Å². The molecule has 3 heteroatoms. The minimum atomic E-state index is 1.05. The van der Waals surface area contributed by atoms with Crippen LogP contribution in [0.5, 0.6) is 0 Å². The van der Waals surface area contributed by atoms with E-state index in [2.05, 4.69) is 41.5 Å². The lowest BCUT2D eigenvalue weighted by Gasteiger charge is -2.17. The molecule has 0 unspecified atom stereocenters. The maximum atomic E-state index is 3.55. The van der Waals surface area contributed by atoms with Gasteiger partial charge in [-0.25, -0.2) is 0 Å². The summed E-state index contributed by atoms with van der Waals surface area (Å²) in [6.45, 7) is 6.85. The molecule has 0 aromatic heterocycles. The summed E-state index contributed by atoms with van der Waals surface area (Å²) in [5.41, 5.74) is 0. The third-order valence-corrected chi connectivity index (χ3v) is 3.44. The van der Waals surface area contributed by atoms with Gasteiger partial charge in [-0.15, -0.1) is 0 Å². The minimum absolute atomic E-state index is 1.05. The summed E-state index contributed by atoms with van der Waals surface area (Å²) in [6.07, 6.45) is 13.9. The van der Waals surface area contributed by atoms with Crippen molar-refractivity contribution in [3.05, 3.63) is 12.4 Å². The fraction of sp³-hybridized carbons (Fsp3) is 0.867. The first-order valence-corrected chi connectivity index (χ1v) is 7.66. The molecule has 0 radical (unpaired) electrons. The Bertz CT molecular complexity index is 216. The minimum Gasteiger partial charge on any atom is -0.362 e. The van der Waals surface area contributed by atoms with E-state index in [1.807, 2.05) is 0 Å². The van der Waals surface area contributed by atoms with Gasteiger partial charge in [-0.2, -0.15) is 0 Å². The number of nitrogens with zero attached hydrogens (tertiary/aromatic N) is 2. The van der Waals surface area contributed by atoms with Gasteiger partial charge in [-0.1, -0.05) is 39.0 Å². The van der Waals surface area contributed by atoms with Gasteiger partial charge in [0.25, 0.3) is 0 Å². The van der Waals surface area contributed by atoms with Crippen LogP contribution >= 0.6 is 0 Å². The van der Waals surface area contributed by atoms with Crippen molar-refractivity contribution in [3.8, 4) is 0 Å². The van der Waals surface area contributed by atoms with Gasteiger partial charge in [0.2, 0.25) is 0 Å². The van der Waals surface area contributed by atoms with Crippen molar-refractivity contribution < 1.29 is 0 Å². The summed E-state index contributed by atoms with van der Waals surface area (Å²) in [5, 5.41) is 3.55. The molecule has 0 saturated heterocycles. The summed E-state index contributed by atoms with van der Waals surface area (Å²) < 4.78 is 0. The SMILES string of the molecule is CCCCCCCCNCCCN1C=CN(C)C1. The van der Waals surface area contributed by atoms with E-state index < -0.39 is 0 Å². The third kappa shape index (κ3) is 7.59. The molecular formula is C15H31N3. The fourth-order valence-corrected chi connectivity index (χ4v) is 2.30. The van der Waals surface area contributed by atoms with Crippen molar-refractivity contribution >= 4 is 0 Å². The maximum Gasteiger partial charge on any atom is 0.0890 e. The van der Waals surface area contributed by atoms with Gasteiger partial charge in [-0.05, 0) is 25.9 Å². The van der Waals surface area contributed by atoms with Crippen LogP contribution in [0.4, 0.5) is 0 Å². The van der Waals surface area contributed by atoms with Crippen molar-refractivity contribution in [2.24, 2.45) is 0 Å². The molecular weight excluding hydrogens is 222 g/mol. The number of nitrogens with one attached hydrogen (secondary N) is 1. The van der Waals surface area contributed by atoms with Crippen LogP contribution in [0.25, 0.3) is 0 Å². The highest BCUT2D eigenvalue weighted by atomic mass is 15.3. The van der Waals surface area contributed by atoms with Crippen LogP contribution in [0.15, 0.2) is 12.4 Å². The average molecular weight is 253 g/mol. The van der Waals surface area contributed by atoms with Crippen LogP contribution in [-0.4, -0.2) is 43.2 Å². The first kappa shape index (κ1) is 15.4. The molecule has 0 bridgehead atoms. The Morgan fingerprint density at radius 3 is 2.39 bits per heavy atom. The van der Waals surface area contributed by atoms with Crippen LogP contribution in [0.2, 0.25) is 0 Å². The highest BCUT2D eigenvalue weighted by molar-refractivity contribution is 4.88. The lowest BCUT2D eigenvalue weighted by atomic mass is 10.1. The van der Waals surface area contributed by atoms with Crippen molar-refractivity contribution in [1.29, 1.82) is 0 Å². The number of hydrogen-bond donors (Lipinski definition) is 1. The molecule has 1 aliphatic rings. The van der Waals surface area contributed by atoms with E-state index in [9.17, 15) is 0 Å². The molecule has 0 aliphatic carbocycles. The molecule has 1 heterocycles. The zero-order valence-corrected chi connectivity index (χ0v) is 12.3. The van der Waals surface area contributed by atoms with E-state index in [0.29, 0.717) is 0 Å². The van der Waals surface area contributed by atoms with Gasteiger partial charge < -0.3 is 15.1 Å². The second kappa shape index (κ2) is 10.2. The predicted molar refractivity (Wildman–Crippen MR) is 79.3 cm³/mol. The Kier molecular flexibility index (Phi) is 8.74. The zero-order chi connectivity index (χ0) is 13.1. The molecule has 0 spiro atoms. The van der Waals surface area contributed by atoms with E-state index in [1.165, 1.54) is 58.0 Å². The van der Waals surface area contributed by atoms with Crippen LogP contribution in [0.1, 0.15) is 51.9 Å². The lowest BCUT2D eigenvalue weighted by Crippen LogP contribution is -2.26. The van der Waals surface area contributed by atoms with Crippen molar-refractivity contribution in [3.63, 3.8) is 0 Å².